The number of anilines is 2. The Balaban J connectivity index is 1.27. The summed E-state index contributed by atoms with van der Waals surface area (Å²) in [4.78, 5) is 28.1. The summed E-state index contributed by atoms with van der Waals surface area (Å²) in [6.45, 7) is 4.78. The Hall–Kier alpha value is -3.63. The molecule has 38 heavy (non-hydrogen) atoms. The minimum absolute atomic E-state index is 0.164. The molecule has 0 unspecified atom stereocenters. The van der Waals surface area contributed by atoms with Crippen LogP contribution in [0.5, 0.6) is 0 Å². The van der Waals surface area contributed by atoms with Crippen LogP contribution in [0.25, 0.3) is 21.8 Å². The van der Waals surface area contributed by atoms with Gasteiger partial charge >= 0.3 is 0 Å². The average molecular weight is 516 g/mol. The van der Waals surface area contributed by atoms with Gasteiger partial charge in [-0.1, -0.05) is 0 Å². The van der Waals surface area contributed by atoms with Gasteiger partial charge in [-0.05, 0) is 56.5 Å². The lowest BCUT2D eigenvalue weighted by atomic mass is 10.0. The number of piperazine rings is 1. The molecule has 9 nitrogen and oxygen atoms in total. The second-order valence-electron chi connectivity index (χ2n) is 10.6. The fourth-order valence-corrected chi connectivity index (χ4v) is 6.21. The van der Waals surface area contributed by atoms with Crippen molar-refractivity contribution in [3.63, 3.8) is 0 Å². The van der Waals surface area contributed by atoms with E-state index in [0.29, 0.717) is 40.6 Å². The predicted molar refractivity (Wildman–Crippen MR) is 143 cm³/mol. The van der Waals surface area contributed by atoms with Crippen molar-refractivity contribution < 1.29 is 13.9 Å². The van der Waals surface area contributed by atoms with Gasteiger partial charge in [0.15, 0.2) is 11.6 Å². The van der Waals surface area contributed by atoms with E-state index in [4.69, 9.17) is 9.72 Å². The topological polar surface area (TPSA) is 88.4 Å². The molecule has 0 bridgehead atoms. The first-order valence-corrected chi connectivity index (χ1v) is 13.4. The molecule has 0 aliphatic carbocycles. The van der Waals surface area contributed by atoms with E-state index in [1.165, 1.54) is 25.5 Å². The van der Waals surface area contributed by atoms with Crippen LogP contribution in [0.2, 0.25) is 0 Å². The summed E-state index contributed by atoms with van der Waals surface area (Å²) in [7, 11) is 1.74. The van der Waals surface area contributed by atoms with E-state index in [0.717, 1.165) is 43.5 Å². The Labute approximate surface area is 219 Å². The van der Waals surface area contributed by atoms with Gasteiger partial charge in [0.1, 0.15) is 11.6 Å². The summed E-state index contributed by atoms with van der Waals surface area (Å²) >= 11 is 0. The molecule has 0 spiro atoms. The number of ether oxygens (including phenoxy) is 1. The number of benzene rings is 2. The fourth-order valence-electron chi connectivity index (χ4n) is 6.21. The van der Waals surface area contributed by atoms with Gasteiger partial charge in [0.05, 0.1) is 11.1 Å². The number of aromatic nitrogens is 4. The third-order valence-corrected chi connectivity index (χ3v) is 8.07. The quantitative estimate of drug-likeness (QED) is 0.439. The van der Waals surface area contributed by atoms with Gasteiger partial charge in [-0.25, -0.2) is 14.4 Å². The molecule has 1 N–H and O–H groups in total. The number of aryl methyl sites for hydroxylation is 1. The average Bonchev–Trinajstić information content (AvgIpc) is 3.68. The number of carbonyl (C=O) groups excluding carboxylic acids is 1. The summed E-state index contributed by atoms with van der Waals surface area (Å²) in [6, 6.07) is 7.43. The molecule has 3 aliphatic rings. The molecule has 2 aromatic heterocycles. The van der Waals surface area contributed by atoms with Crippen molar-refractivity contribution in [2.45, 2.75) is 37.8 Å². The largest absolute Gasteiger partial charge is 0.370 e. The number of halogens is 1. The normalized spacial score (nSPS) is 21.9. The molecule has 3 saturated heterocycles. The highest BCUT2D eigenvalue weighted by Crippen LogP contribution is 2.34. The van der Waals surface area contributed by atoms with Crippen molar-refractivity contribution in [3.05, 3.63) is 53.9 Å². The molecule has 1 amide bonds. The first-order valence-electron chi connectivity index (χ1n) is 13.4. The van der Waals surface area contributed by atoms with Gasteiger partial charge in [0.25, 0.3) is 5.91 Å². The van der Waals surface area contributed by atoms with E-state index >= 15 is 0 Å². The minimum Gasteiger partial charge on any atom is -0.370 e. The number of rotatable bonds is 4. The number of fused-ring (bicyclic) bond motifs is 3. The Bertz CT molecular complexity index is 1550. The van der Waals surface area contributed by atoms with Crippen molar-refractivity contribution in [1.29, 1.82) is 0 Å². The van der Waals surface area contributed by atoms with Crippen LogP contribution in [0.15, 0.2) is 36.7 Å². The summed E-state index contributed by atoms with van der Waals surface area (Å²) in [5.41, 5.74) is 2.71. The lowest BCUT2D eigenvalue weighted by molar-refractivity contribution is 0.102. The zero-order chi connectivity index (χ0) is 25.8. The monoisotopic (exact) mass is 515 g/mol. The van der Waals surface area contributed by atoms with E-state index in [1.807, 2.05) is 18.3 Å². The highest BCUT2D eigenvalue weighted by atomic mass is 19.1. The van der Waals surface area contributed by atoms with Crippen LogP contribution in [0.1, 0.15) is 48.0 Å². The number of nitrogens with one attached hydrogen (secondary N) is 1. The van der Waals surface area contributed by atoms with Crippen LogP contribution in [0, 0.1) is 5.82 Å². The molecule has 3 fully saturated rings. The van der Waals surface area contributed by atoms with Crippen molar-refractivity contribution in [2.75, 3.05) is 43.0 Å². The van der Waals surface area contributed by atoms with Crippen LogP contribution < -0.4 is 10.2 Å². The zero-order valence-electron chi connectivity index (χ0n) is 21.4. The summed E-state index contributed by atoms with van der Waals surface area (Å²) < 4.78 is 22.1. The highest BCUT2D eigenvalue weighted by Gasteiger charge is 2.32. The first-order chi connectivity index (χ1) is 18.5. The van der Waals surface area contributed by atoms with Gasteiger partial charge < -0.3 is 15.0 Å². The maximum Gasteiger partial charge on any atom is 0.257 e. The zero-order valence-corrected chi connectivity index (χ0v) is 21.4. The SMILES string of the molecule is Cn1cc2cc(NC(=O)c3ccc(N4CCN5CCC[C@@H]5C4)c4cnc([C@H]5CCCO5)nc34)cc(F)c2n1. The van der Waals surface area contributed by atoms with Crippen LogP contribution >= 0.6 is 0 Å². The lowest BCUT2D eigenvalue weighted by Gasteiger charge is -2.39. The Kier molecular flexibility index (Phi) is 5.74. The molecule has 0 radical (unpaired) electrons. The molecule has 196 valence electrons. The van der Waals surface area contributed by atoms with Gasteiger partial charge in [-0.3, -0.25) is 14.4 Å². The highest BCUT2D eigenvalue weighted by molar-refractivity contribution is 6.14. The maximum absolute atomic E-state index is 14.7. The number of carbonyl (C=O) groups is 1. The molecule has 4 aromatic rings. The van der Waals surface area contributed by atoms with Crippen LogP contribution in [-0.2, 0) is 11.8 Å². The van der Waals surface area contributed by atoms with Crippen LogP contribution in [0.3, 0.4) is 0 Å². The molecular weight excluding hydrogens is 485 g/mol. The van der Waals surface area contributed by atoms with Gasteiger partial charge in [0.2, 0.25) is 0 Å². The summed E-state index contributed by atoms with van der Waals surface area (Å²) in [5, 5.41) is 8.50. The fraction of sp³-hybridized carbons (Fsp3) is 0.429. The van der Waals surface area contributed by atoms with Crippen molar-refractivity contribution in [2.24, 2.45) is 7.05 Å². The van der Waals surface area contributed by atoms with Gasteiger partial charge in [-0.15, -0.1) is 0 Å². The van der Waals surface area contributed by atoms with Crippen molar-refractivity contribution in [3.8, 4) is 0 Å². The van der Waals surface area contributed by atoms with E-state index < -0.39 is 5.82 Å². The standard InChI is InChI=1S/C28H30FN7O2/c1-34-15-17-12-18(13-22(29)25(17)33-34)31-28(37)20-6-7-23(36-10-9-35-8-2-4-19(35)16-36)21-14-30-27(32-26(20)21)24-5-3-11-38-24/h6-7,12-15,19,24H,2-5,8-11,16H2,1H3,(H,31,37)/t19-,24-/m1/s1. The molecule has 2 aromatic carbocycles. The van der Waals surface area contributed by atoms with Crippen LogP contribution in [-0.4, -0.2) is 69.4 Å². The van der Waals surface area contributed by atoms with Gasteiger partial charge in [0, 0.05) is 73.9 Å². The summed E-state index contributed by atoms with van der Waals surface area (Å²) in [6.07, 6.45) is 7.69. The third-order valence-electron chi connectivity index (χ3n) is 8.07. The van der Waals surface area contributed by atoms with Gasteiger partial charge in [-0.2, -0.15) is 5.10 Å². The van der Waals surface area contributed by atoms with Crippen molar-refractivity contribution in [1.82, 2.24) is 24.6 Å². The van der Waals surface area contributed by atoms with E-state index in [-0.39, 0.29) is 17.5 Å². The lowest BCUT2D eigenvalue weighted by Crippen LogP contribution is -2.50. The second kappa shape index (κ2) is 9.28. The Morgan fingerprint density at radius 1 is 1.13 bits per heavy atom. The second-order valence-corrected chi connectivity index (χ2v) is 10.6. The summed E-state index contributed by atoms with van der Waals surface area (Å²) in [5.74, 6) is -0.223. The maximum atomic E-state index is 14.7. The molecular formula is C28H30FN7O2. The van der Waals surface area contributed by atoms with E-state index in [1.54, 1.807) is 24.0 Å². The Morgan fingerprint density at radius 2 is 2.05 bits per heavy atom. The number of hydrogen-bond acceptors (Lipinski definition) is 7. The molecule has 10 heteroatoms. The first kappa shape index (κ1) is 23.5. The number of amides is 1. The minimum atomic E-state index is -0.479. The number of nitrogens with zero attached hydrogens (tertiary/aromatic N) is 6. The van der Waals surface area contributed by atoms with E-state index in [9.17, 15) is 9.18 Å². The smallest absolute Gasteiger partial charge is 0.257 e. The molecule has 0 saturated carbocycles. The Morgan fingerprint density at radius 3 is 2.92 bits per heavy atom. The molecule has 7 rings (SSSR count). The molecule has 2 atom stereocenters. The predicted octanol–water partition coefficient (Wildman–Crippen LogP) is 4.04. The third kappa shape index (κ3) is 4.08. The van der Waals surface area contributed by atoms with Crippen LogP contribution in [0.4, 0.5) is 15.8 Å². The molecule has 5 heterocycles. The molecule has 3 aliphatic heterocycles. The number of hydrogen-bond donors (Lipinski definition) is 1. The van der Waals surface area contributed by atoms with E-state index in [2.05, 4.69) is 25.2 Å². The van der Waals surface area contributed by atoms with Crippen molar-refractivity contribution >= 4 is 39.1 Å².